The Hall–Kier alpha value is -1.30. The third kappa shape index (κ3) is 3.69. The fourth-order valence-electron chi connectivity index (χ4n) is 1.11. The molecule has 0 aromatic carbocycles. The summed E-state index contributed by atoms with van der Waals surface area (Å²) in [5.74, 6) is 0.647. The van der Waals surface area contributed by atoms with E-state index in [-0.39, 0.29) is 17.4 Å². The van der Waals surface area contributed by atoms with Gasteiger partial charge in [-0.15, -0.1) is 11.8 Å². The van der Waals surface area contributed by atoms with Crippen molar-refractivity contribution >= 4 is 17.7 Å². The average molecular weight is 242 g/mol. The van der Waals surface area contributed by atoms with Gasteiger partial charge in [-0.2, -0.15) is 0 Å². The molecule has 1 heterocycles. The minimum Gasteiger partial charge on any atom is -0.469 e. The standard InChI is InChI=1S/C10H14N2O3S/c1-6(10(14)15-3)5-16-9-4-8(13)11-7(2)12-9/h4,6H,5H2,1-3H3,(H,11,12,13). The fraction of sp³-hybridized carbons (Fsp3) is 0.500. The molecule has 0 saturated carbocycles. The predicted octanol–water partition coefficient (Wildman–Crippen LogP) is 0.980. The molecule has 1 rings (SSSR count). The number of nitrogens with zero attached hydrogens (tertiary/aromatic N) is 1. The summed E-state index contributed by atoms with van der Waals surface area (Å²) in [6.45, 7) is 3.49. The molecule has 1 aromatic heterocycles. The van der Waals surface area contributed by atoms with Crippen LogP contribution in [-0.2, 0) is 9.53 Å². The van der Waals surface area contributed by atoms with Gasteiger partial charge in [-0.25, -0.2) is 4.98 Å². The smallest absolute Gasteiger partial charge is 0.309 e. The number of aromatic amines is 1. The molecule has 6 heteroatoms. The van der Waals surface area contributed by atoms with Crippen LogP contribution in [0.3, 0.4) is 0 Å². The van der Waals surface area contributed by atoms with Crippen molar-refractivity contribution in [1.82, 2.24) is 9.97 Å². The number of nitrogens with one attached hydrogen (secondary N) is 1. The molecule has 1 unspecified atom stereocenters. The first-order valence-electron chi connectivity index (χ1n) is 4.81. The number of ether oxygens (including phenoxy) is 1. The first kappa shape index (κ1) is 12.8. The summed E-state index contributed by atoms with van der Waals surface area (Å²) < 4.78 is 4.61. The molecule has 5 nitrogen and oxygen atoms in total. The van der Waals surface area contributed by atoms with Crippen LogP contribution in [0.5, 0.6) is 0 Å². The van der Waals surface area contributed by atoms with Crippen LogP contribution in [0.15, 0.2) is 15.9 Å². The second kappa shape index (κ2) is 5.69. The summed E-state index contributed by atoms with van der Waals surface area (Å²) in [5, 5.41) is 0.622. The zero-order valence-corrected chi connectivity index (χ0v) is 10.3. The van der Waals surface area contributed by atoms with E-state index in [0.717, 1.165) is 0 Å². The highest BCUT2D eigenvalue weighted by atomic mass is 32.2. The monoisotopic (exact) mass is 242 g/mol. The Kier molecular flexibility index (Phi) is 4.54. The van der Waals surface area contributed by atoms with Crippen LogP contribution in [0.4, 0.5) is 0 Å². The summed E-state index contributed by atoms with van der Waals surface area (Å²) in [6.07, 6.45) is 0. The number of carbonyl (C=O) groups excluding carboxylic acids is 1. The van der Waals surface area contributed by atoms with Crippen molar-refractivity contribution < 1.29 is 9.53 Å². The Labute approximate surface area is 97.6 Å². The van der Waals surface area contributed by atoms with Crippen molar-refractivity contribution in [2.45, 2.75) is 18.9 Å². The zero-order valence-electron chi connectivity index (χ0n) is 9.44. The van der Waals surface area contributed by atoms with E-state index in [0.29, 0.717) is 16.6 Å². The van der Waals surface area contributed by atoms with Crippen molar-refractivity contribution in [3.63, 3.8) is 0 Å². The van der Waals surface area contributed by atoms with Crippen LogP contribution < -0.4 is 5.56 Å². The number of carbonyl (C=O) groups is 1. The molecule has 0 spiro atoms. The van der Waals surface area contributed by atoms with Gasteiger partial charge in [-0.3, -0.25) is 9.59 Å². The minimum atomic E-state index is -0.255. The number of methoxy groups -OCH3 is 1. The van der Waals surface area contributed by atoms with E-state index in [9.17, 15) is 9.59 Å². The van der Waals surface area contributed by atoms with Crippen molar-refractivity contribution in [1.29, 1.82) is 0 Å². The first-order valence-corrected chi connectivity index (χ1v) is 5.80. The summed E-state index contributed by atoms with van der Waals surface area (Å²) in [5.41, 5.74) is -0.180. The van der Waals surface area contributed by atoms with Gasteiger partial charge < -0.3 is 9.72 Å². The van der Waals surface area contributed by atoms with Gasteiger partial charge in [-0.1, -0.05) is 6.92 Å². The van der Waals surface area contributed by atoms with Gasteiger partial charge in [0.1, 0.15) is 10.9 Å². The number of esters is 1. The molecular weight excluding hydrogens is 228 g/mol. The Bertz CT molecular complexity index is 430. The van der Waals surface area contributed by atoms with Gasteiger partial charge in [0.15, 0.2) is 0 Å². The SMILES string of the molecule is COC(=O)C(C)CSc1cc(=O)[nH]c(C)n1. The Morgan fingerprint density at radius 2 is 2.38 bits per heavy atom. The lowest BCUT2D eigenvalue weighted by Crippen LogP contribution is -2.15. The van der Waals surface area contributed by atoms with Crippen LogP contribution in [0.2, 0.25) is 0 Å². The minimum absolute atomic E-state index is 0.180. The number of H-pyrrole nitrogens is 1. The summed E-state index contributed by atoms with van der Waals surface area (Å²) in [6, 6.07) is 1.42. The molecular formula is C10H14N2O3S. The highest BCUT2D eigenvalue weighted by Crippen LogP contribution is 2.17. The van der Waals surface area contributed by atoms with Crippen LogP contribution in [0, 0.1) is 12.8 Å². The highest BCUT2D eigenvalue weighted by molar-refractivity contribution is 7.99. The zero-order chi connectivity index (χ0) is 12.1. The lowest BCUT2D eigenvalue weighted by molar-refractivity contribution is -0.143. The average Bonchev–Trinajstić information content (AvgIpc) is 2.23. The molecule has 0 aliphatic rings. The number of rotatable bonds is 4. The largest absolute Gasteiger partial charge is 0.469 e. The second-order valence-electron chi connectivity index (χ2n) is 3.40. The van der Waals surface area contributed by atoms with Gasteiger partial charge in [0.25, 0.3) is 5.56 Å². The molecule has 1 N–H and O–H groups in total. The molecule has 0 aliphatic heterocycles. The van der Waals surface area contributed by atoms with E-state index in [1.807, 2.05) is 0 Å². The second-order valence-corrected chi connectivity index (χ2v) is 4.44. The van der Waals surface area contributed by atoms with E-state index in [1.165, 1.54) is 24.9 Å². The summed E-state index contributed by atoms with van der Waals surface area (Å²) in [4.78, 5) is 29.0. The molecule has 0 amide bonds. The van der Waals surface area contributed by atoms with Crippen molar-refractivity contribution in [3.8, 4) is 0 Å². The molecule has 16 heavy (non-hydrogen) atoms. The maximum Gasteiger partial charge on any atom is 0.309 e. The number of thioether (sulfide) groups is 1. The molecule has 0 bridgehead atoms. The van der Waals surface area contributed by atoms with Gasteiger partial charge in [0.05, 0.1) is 13.0 Å². The van der Waals surface area contributed by atoms with Crippen molar-refractivity contribution in [2.75, 3.05) is 12.9 Å². The Balaban J connectivity index is 2.61. The molecule has 0 fully saturated rings. The normalized spacial score (nSPS) is 12.2. The Morgan fingerprint density at radius 1 is 1.69 bits per heavy atom. The van der Waals surface area contributed by atoms with Crippen LogP contribution in [-0.4, -0.2) is 28.8 Å². The summed E-state index contributed by atoms with van der Waals surface area (Å²) in [7, 11) is 1.36. The highest BCUT2D eigenvalue weighted by Gasteiger charge is 2.13. The third-order valence-corrected chi connectivity index (χ3v) is 3.09. The van der Waals surface area contributed by atoms with E-state index in [1.54, 1.807) is 13.8 Å². The molecule has 0 saturated heterocycles. The van der Waals surface area contributed by atoms with Crippen LogP contribution in [0.25, 0.3) is 0 Å². The number of aromatic nitrogens is 2. The molecule has 0 radical (unpaired) electrons. The molecule has 1 aromatic rings. The molecule has 88 valence electrons. The van der Waals surface area contributed by atoms with Gasteiger partial charge in [0.2, 0.25) is 0 Å². The maximum atomic E-state index is 11.1. The van der Waals surface area contributed by atoms with E-state index in [4.69, 9.17) is 0 Å². The van der Waals surface area contributed by atoms with Crippen LogP contribution >= 0.6 is 11.8 Å². The quantitative estimate of drug-likeness (QED) is 0.484. The van der Waals surface area contributed by atoms with Crippen molar-refractivity contribution in [3.05, 3.63) is 22.2 Å². The number of aryl methyl sites for hydroxylation is 1. The van der Waals surface area contributed by atoms with E-state index in [2.05, 4.69) is 14.7 Å². The third-order valence-electron chi connectivity index (χ3n) is 1.92. The topological polar surface area (TPSA) is 72.1 Å². The van der Waals surface area contributed by atoms with Gasteiger partial charge in [-0.05, 0) is 6.92 Å². The van der Waals surface area contributed by atoms with Gasteiger partial charge in [0, 0.05) is 11.8 Å². The predicted molar refractivity (Wildman–Crippen MR) is 61.5 cm³/mol. The fourth-order valence-corrected chi connectivity index (χ4v) is 2.05. The van der Waals surface area contributed by atoms with Gasteiger partial charge >= 0.3 is 5.97 Å². The molecule has 0 aliphatic carbocycles. The maximum absolute atomic E-state index is 11.1. The van der Waals surface area contributed by atoms with Crippen molar-refractivity contribution in [2.24, 2.45) is 5.92 Å². The van der Waals surface area contributed by atoms with E-state index < -0.39 is 0 Å². The Morgan fingerprint density at radius 3 is 2.94 bits per heavy atom. The lowest BCUT2D eigenvalue weighted by atomic mass is 10.2. The number of hydrogen-bond donors (Lipinski definition) is 1. The number of hydrogen-bond acceptors (Lipinski definition) is 5. The molecule has 1 atom stereocenters. The lowest BCUT2D eigenvalue weighted by Gasteiger charge is -2.07. The van der Waals surface area contributed by atoms with Crippen LogP contribution in [0.1, 0.15) is 12.7 Å². The summed E-state index contributed by atoms with van der Waals surface area (Å²) >= 11 is 1.37. The first-order chi connectivity index (χ1) is 7.52. The van der Waals surface area contributed by atoms with E-state index >= 15 is 0 Å².